The zero-order valence-corrected chi connectivity index (χ0v) is 23.2. The Hall–Kier alpha value is -4.92. The number of hydrazone groups is 1. The number of hydrogen-bond acceptors (Lipinski definition) is 7. The molecule has 3 amide bonds. The van der Waals surface area contributed by atoms with Gasteiger partial charge in [0, 0.05) is 5.92 Å². The fraction of sp³-hybridized carbons (Fsp3) is 0.273. The predicted octanol–water partition coefficient (Wildman–Crippen LogP) is 5.11. The van der Waals surface area contributed by atoms with Crippen LogP contribution in [0.25, 0.3) is 6.08 Å². The van der Waals surface area contributed by atoms with E-state index in [0.717, 1.165) is 52.1 Å². The second kappa shape index (κ2) is 10.5. The Balaban J connectivity index is 1.18. The normalized spacial score (nSPS) is 25.7. The first kappa shape index (κ1) is 26.0. The highest BCUT2D eigenvalue weighted by atomic mass is 16.2. The van der Waals surface area contributed by atoms with Gasteiger partial charge in [-0.05, 0) is 61.1 Å². The third kappa shape index (κ3) is 4.41. The SMILES string of the molecule is Cc1ccc(N2C(=O)[C@@H]3N=NN(CC(=O)N4N=C5/C(=C\c6ccccc6)CCC[C@@H]5[C@@H]4c4ccccc4)[C@H]3C2=O)cc1. The minimum absolute atomic E-state index is 0.0553. The van der Waals surface area contributed by atoms with Crippen molar-refractivity contribution in [2.75, 3.05) is 11.4 Å². The summed E-state index contributed by atoms with van der Waals surface area (Å²) in [6.07, 6.45) is 4.98. The number of hydrogen-bond donors (Lipinski definition) is 0. The van der Waals surface area contributed by atoms with Crippen LogP contribution in [0.3, 0.4) is 0 Å². The maximum absolute atomic E-state index is 14.0. The minimum atomic E-state index is -0.968. The first-order valence-corrected chi connectivity index (χ1v) is 14.3. The Morgan fingerprint density at radius 2 is 1.62 bits per heavy atom. The van der Waals surface area contributed by atoms with Crippen LogP contribution in [0.4, 0.5) is 5.69 Å². The molecule has 4 aliphatic rings. The predicted molar refractivity (Wildman–Crippen MR) is 158 cm³/mol. The van der Waals surface area contributed by atoms with Gasteiger partial charge >= 0.3 is 0 Å². The van der Waals surface area contributed by atoms with Gasteiger partial charge in [-0.15, -0.1) is 0 Å². The Labute approximate surface area is 243 Å². The molecule has 4 atom stereocenters. The van der Waals surface area contributed by atoms with E-state index < -0.39 is 23.9 Å². The van der Waals surface area contributed by atoms with Crippen LogP contribution in [-0.2, 0) is 14.4 Å². The highest BCUT2D eigenvalue weighted by Crippen LogP contribution is 2.44. The van der Waals surface area contributed by atoms with E-state index in [1.165, 1.54) is 5.01 Å². The molecule has 9 heteroatoms. The van der Waals surface area contributed by atoms with Crippen LogP contribution >= 0.6 is 0 Å². The number of imide groups is 1. The Morgan fingerprint density at radius 3 is 2.36 bits per heavy atom. The lowest BCUT2D eigenvalue weighted by Gasteiger charge is -2.30. The van der Waals surface area contributed by atoms with E-state index in [-0.39, 0.29) is 24.4 Å². The molecule has 0 spiro atoms. The number of carbonyl (C=O) groups excluding carboxylic acids is 3. The second-order valence-electron chi connectivity index (χ2n) is 11.2. The number of benzene rings is 3. The molecule has 1 saturated carbocycles. The third-order valence-electron chi connectivity index (χ3n) is 8.49. The molecule has 1 aliphatic carbocycles. The maximum Gasteiger partial charge on any atom is 0.264 e. The summed E-state index contributed by atoms with van der Waals surface area (Å²) < 4.78 is 0. The lowest BCUT2D eigenvalue weighted by Crippen LogP contribution is -2.45. The van der Waals surface area contributed by atoms with Crippen molar-refractivity contribution < 1.29 is 14.4 Å². The number of nitrogens with zero attached hydrogens (tertiary/aromatic N) is 6. The van der Waals surface area contributed by atoms with Crippen molar-refractivity contribution >= 4 is 35.2 Å². The summed E-state index contributed by atoms with van der Waals surface area (Å²) in [6.45, 7) is 1.73. The maximum atomic E-state index is 14.0. The Morgan fingerprint density at radius 1 is 0.905 bits per heavy atom. The molecule has 210 valence electrons. The van der Waals surface area contributed by atoms with Gasteiger partial charge in [-0.1, -0.05) is 83.6 Å². The van der Waals surface area contributed by atoms with Gasteiger partial charge in [-0.2, -0.15) is 10.2 Å². The lowest BCUT2D eigenvalue weighted by molar-refractivity contribution is -0.136. The number of carbonyl (C=O) groups is 3. The van der Waals surface area contributed by atoms with Crippen LogP contribution in [-0.4, -0.2) is 52.1 Å². The van der Waals surface area contributed by atoms with Gasteiger partial charge in [0.05, 0.1) is 17.4 Å². The van der Waals surface area contributed by atoms with Crippen molar-refractivity contribution in [2.45, 2.75) is 44.3 Å². The molecular weight excluding hydrogens is 528 g/mol. The average molecular weight is 559 g/mol. The van der Waals surface area contributed by atoms with E-state index >= 15 is 0 Å². The van der Waals surface area contributed by atoms with Gasteiger partial charge in [-0.25, -0.2) is 9.91 Å². The first-order chi connectivity index (χ1) is 20.5. The van der Waals surface area contributed by atoms with Crippen LogP contribution in [0.5, 0.6) is 0 Å². The van der Waals surface area contributed by atoms with Gasteiger partial charge in [0.25, 0.3) is 17.7 Å². The van der Waals surface area contributed by atoms with Gasteiger partial charge in [0.15, 0.2) is 12.1 Å². The van der Waals surface area contributed by atoms with Crippen molar-refractivity contribution in [1.29, 1.82) is 0 Å². The molecule has 9 nitrogen and oxygen atoms in total. The fourth-order valence-corrected chi connectivity index (χ4v) is 6.45. The van der Waals surface area contributed by atoms with Crippen molar-refractivity contribution in [3.63, 3.8) is 0 Å². The van der Waals surface area contributed by atoms with Crippen LogP contribution in [0, 0.1) is 12.8 Å². The van der Waals surface area contributed by atoms with Crippen LogP contribution in [0.2, 0.25) is 0 Å². The molecule has 0 unspecified atom stereocenters. The minimum Gasteiger partial charge on any atom is -0.271 e. The summed E-state index contributed by atoms with van der Waals surface area (Å²) >= 11 is 0. The highest BCUT2D eigenvalue weighted by molar-refractivity contribution is 6.25. The molecule has 1 saturated heterocycles. The number of amides is 3. The van der Waals surface area contributed by atoms with Crippen LogP contribution < -0.4 is 4.90 Å². The van der Waals surface area contributed by atoms with Crippen molar-refractivity contribution in [3.05, 3.63) is 107 Å². The molecule has 2 fully saturated rings. The summed E-state index contributed by atoms with van der Waals surface area (Å²) in [5.74, 6) is -1.10. The standard InChI is InChI=1S/C33H30N6O3/c1-21-15-17-25(18-16-21)38-32(41)29-31(33(38)42)37(36-34-29)20-27(40)39-30(23-11-6-3-7-12-23)26-14-8-13-24(28(26)35-39)19-22-9-4-2-5-10-22/h2-7,9-12,15-19,26,29-31H,8,13-14,20H2,1H3/b24-19-/t26-,29+,30-,31+/m0/s1. The molecule has 42 heavy (non-hydrogen) atoms. The molecule has 3 aromatic rings. The topological polar surface area (TPSA) is 98.0 Å². The number of fused-ring (bicyclic) bond motifs is 2. The molecule has 7 rings (SSSR count). The number of rotatable bonds is 5. The molecule has 0 bridgehead atoms. The first-order valence-electron chi connectivity index (χ1n) is 14.3. The van der Waals surface area contributed by atoms with Gasteiger partial charge in [0.2, 0.25) is 0 Å². The monoisotopic (exact) mass is 558 g/mol. The van der Waals surface area contributed by atoms with E-state index in [4.69, 9.17) is 5.10 Å². The van der Waals surface area contributed by atoms with Crippen molar-refractivity contribution in [2.24, 2.45) is 21.4 Å². The fourth-order valence-electron chi connectivity index (χ4n) is 6.45. The smallest absolute Gasteiger partial charge is 0.264 e. The van der Waals surface area contributed by atoms with E-state index in [1.54, 1.807) is 17.1 Å². The number of aryl methyl sites for hydroxylation is 1. The zero-order valence-electron chi connectivity index (χ0n) is 23.2. The highest BCUT2D eigenvalue weighted by Gasteiger charge is 2.55. The van der Waals surface area contributed by atoms with Crippen LogP contribution in [0.1, 0.15) is 42.0 Å². The Bertz CT molecular complexity index is 1630. The van der Waals surface area contributed by atoms with Crippen molar-refractivity contribution in [3.8, 4) is 0 Å². The largest absolute Gasteiger partial charge is 0.271 e. The molecular formula is C33H30N6O3. The Kier molecular flexibility index (Phi) is 6.49. The van der Waals surface area contributed by atoms with Gasteiger partial charge in [0.1, 0.15) is 6.54 Å². The summed E-state index contributed by atoms with van der Waals surface area (Å²) in [7, 11) is 0. The van der Waals surface area contributed by atoms with Crippen LogP contribution in [0.15, 0.2) is 106 Å². The van der Waals surface area contributed by atoms with Gasteiger partial charge in [-0.3, -0.25) is 19.4 Å². The van der Waals surface area contributed by atoms with E-state index in [9.17, 15) is 14.4 Å². The average Bonchev–Trinajstić information content (AvgIpc) is 3.68. The summed E-state index contributed by atoms with van der Waals surface area (Å²) in [4.78, 5) is 41.8. The molecule has 0 aromatic heterocycles. The second-order valence-corrected chi connectivity index (χ2v) is 11.2. The molecule has 3 heterocycles. The third-order valence-corrected chi connectivity index (χ3v) is 8.49. The van der Waals surface area contributed by atoms with Gasteiger partial charge < -0.3 is 0 Å². The lowest BCUT2D eigenvalue weighted by atomic mass is 9.77. The van der Waals surface area contributed by atoms with Crippen molar-refractivity contribution in [1.82, 2.24) is 10.0 Å². The molecule has 3 aliphatic heterocycles. The summed E-state index contributed by atoms with van der Waals surface area (Å²) in [5, 5.41) is 16.1. The van der Waals surface area contributed by atoms with E-state index in [1.807, 2.05) is 67.6 Å². The summed E-state index contributed by atoms with van der Waals surface area (Å²) in [5.41, 5.74) is 5.69. The molecule has 0 radical (unpaired) electrons. The quantitative estimate of drug-likeness (QED) is 0.407. The number of allylic oxidation sites excluding steroid dienone is 1. The zero-order chi connectivity index (χ0) is 28.8. The van der Waals surface area contributed by atoms with E-state index in [2.05, 4.69) is 28.5 Å². The van der Waals surface area contributed by atoms with E-state index in [0.29, 0.717) is 5.69 Å². The summed E-state index contributed by atoms with van der Waals surface area (Å²) in [6, 6.07) is 25.1. The number of anilines is 1. The molecule has 3 aromatic carbocycles. The molecule has 0 N–H and O–H groups in total.